The summed E-state index contributed by atoms with van der Waals surface area (Å²) in [5.74, 6) is 0.994. The number of urea groups is 1. The maximum absolute atomic E-state index is 12.1. The fourth-order valence-electron chi connectivity index (χ4n) is 2.89. The highest BCUT2D eigenvalue weighted by Gasteiger charge is 2.14. The molecule has 3 aromatic rings. The molecule has 3 amide bonds. The molecule has 1 aromatic heterocycles. The van der Waals surface area contributed by atoms with E-state index in [1.54, 1.807) is 6.08 Å². The zero-order valence-electron chi connectivity index (χ0n) is 17.2. The lowest BCUT2D eigenvalue weighted by Crippen LogP contribution is -2.39. The predicted molar refractivity (Wildman–Crippen MR) is 122 cm³/mol. The summed E-state index contributed by atoms with van der Waals surface area (Å²) in [5, 5.41) is 14.3. The second-order valence-corrected chi connectivity index (χ2v) is 7.84. The van der Waals surface area contributed by atoms with Crippen molar-refractivity contribution in [3.63, 3.8) is 0 Å². The van der Waals surface area contributed by atoms with Gasteiger partial charge in [-0.25, -0.2) is 4.79 Å². The molecule has 0 bridgehead atoms. The van der Waals surface area contributed by atoms with Gasteiger partial charge in [0.25, 0.3) is 0 Å². The first-order valence-corrected chi connectivity index (χ1v) is 11.0. The summed E-state index contributed by atoms with van der Waals surface area (Å²) >= 11 is 1.43. The van der Waals surface area contributed by atoms with Gasteiger partial charge in [0.15, 0.2) is 5.16 Å². The molecule has 0 spiro atoms. The number of aromatic nitrogens is 3. The van der Waals surface area contributed by atoms with Crippen LogP contribution < -0.4 is 10.6 Å². The van der Waals surface area contributed by atoms with Crippen LogP contribution in [-0.4, -0.2) is 32.5 Å². The molecule has 0 saturated heterocycles. The summed E-state index contributed by atoms with van der Waals surface area (Å²) in [6, 6.07) is 19.1. The third kappa shape index (κ3) is 7.11. The first-order chi connectivity index (χ1) is 15.2. The van der Waals surface area contributed by atoms with Crippen molar-refractivity contribution in [1.29, 1.82) is 0 Å². The predicted octanol–water partition coefficient (Wildman–Crippen LogP) is 3.56. The van der Waals surface area contributed by atoms with Crippen LogP contribution in [0.5, 0.6) is 0 Å². The van der Waals surface area contributed by atoms with Gasteiger partial charge in [0.2, 0.25) is 5.91 Å². The average molecular weight is 436 g/mol. The zero-order valence-corrected chi connectivity index (χ0v) is 18.0. The van der Waals surface area contributed by atoms with E-state index in [0.29, 0.717) is 25.3 Å². The Hall–Kier alpha value is -3.39. The van der Waals surface area contributed by atoms with Crippen molar-refractivity contribution in [2.45, 2.75) is 31.1 Å². The molecule has 8 heteroatoms. The minimum Gasteiger partial charge on any atom is -0.334 e. The smallest absolute Gasteiger partial charge is 0.321 e. The van der Waals surface area contributed by atoms with Crippen molar-refractivity contribution in [2.75, 3.05) is 5.75 Å². The average Bonchev–Trinajstić information content (AvgIpc) is 3.15. The van der Waals surface area contributed by atoms with Gasteiger partial charge in [-0.05, 0) is 11.1 Å². The van der Waals surface area contributed by atoms with Crippen molar-refractivity contribution < 1.29 is 9.59 Å². The molecule has 1 heterocycles. The van der Waals surface area contributed by atoms with E-state index >= 15 is 0 Å². The van der Waals surface area contributed by atoms with Crippen LogP contribution in [0, 0.1) is 0 Å². The molecule has 0 aliphatic rings. The Morgan fingerprint density at radius 3 is 2.35 bits per heavy atom. The number of allylic oxidation sites excluding steroid dienone is 1. The Morgan fingerprint density at radius 1 is 1.00 bits per heavy atom. The second kappa shape index (κ2) is 11.7. The maximum Gasteiger partial charge on any atom is 0.321 e. The number of carbonyl (C=O) groups is 2. The highest BCUT2D eigenvalue weighted by atomic mass is 32.2. The molecule has 0 aliphatic heterocycles. The maximum atomic E-state index is 12.1. The highest BCUT2D eigenvalue weighted by Crippen LogP contribution is 2.19. The Labute approximate surface area is 186 Å². The monoisotopic (exact) mass is 435 g/mol. The van der Waals surface area contributed by atoms with Crippen molar-refractivity contribution >= 4 is 23.7 Å². The van der Waals surface area contributed by atoms with Crippen LogP contribution in [0.4, 0.5) is 4.79 Å². The first-order valence-electron chi connectivity index (χ1n) is 9.97. The molecule has 0 atom stereocenters. The number of benzene rings is 2. The standard InChI is InChI=1S/C23H25N5O2S/c1-2-14-28-20(16-18-9-5-3-6-10-18)26-27-23(28)31-15-13-21(29)25-22(30)24-17-19-11-7-4-8-12-19/h2-12H,1,13-17H2,(H2,24,25,29,30). The number of hydrogen-bond acceptors (Lipinski definition) is 5. The highest BCUT2D eigenvalue weighted by molar-refractivity contribution is 7.99. The van der Waals surface area contributed by atoms with Crippen LogP contribution in [0.1, 0.15) is 23.4 Å². The van der Waals surface area contributed by atoms with Crippen molar-refractivity contribution in [2.24, 2.45) is 0 Å². The quantitative estimate of drug-likeness (QED) is 0.375. The van der Waals surface area contributed by atoms with Gasteiger partial charge in [-0.3, -0.25) is 10.1 Å². The molecule has 0 aliphatic carbocycles. The zero-order chi connectivity index (χ0) is 21.9. The number of amides is 3. The van der Waals surface area contributed by atoms with Gasteiger partial charge in [0, 0.05) is 31.7 Å². The van der Waals surface area contributed by atoms with E-state index in [2.05, 4.69) is 27.4 Å². The number of thioether (sulfide) groups is 1. The topological polar surface area (TPSA) is 88.9 Å². The lowest BCUT2D eigenvalue weighted by atomic mass is 10.1. The van der Waals surface area contributed by atoms with Gasteiger partial charge in [-0.2, -0.15) is 0 Å². The van der Waals surface area contributed by atoms with Gasteiger partial charge >= 0.3 is 6.03 Å². The summed E-state index contributed by atoms with van der Waals surface area (Å²) in [6.07, 6.45) is 2.66. The minimum atomic E-state index is -0.501. The van der Waals surface area contributed by atoms with Gasteiger partial charge in [-0.15, -0.1) is 16.8 Å². The Kier molecular flexibility index (Phi) is 8.42. The molecule has 0 unspecified atom stereocenters. The van der Waals surface area contributed by atoms with E-state index in [1.807, 2.05) is 65.2 Å². The van der Waals surface area contributed by atoms with Gasteiger partial charge < -0.3 is 9.88 Å². The summed E-state index contributed by atoms with van der Waals surface area (Å²) in [4.78, 5) is 24.0. The van der Waals surface area contributed by atoms with Crippen LogP contribution in [0.2, 0.25) is 0 Å². The van der Waals surface area contributed by atoms with E-state index in [0.717, 1.165) is 22.1 Å². The number of rotatable bonds is 10. The number of imide groups is 1. The van der Waals surface area contributed by atoms with Gasteiger partial charge in [-0.1, -0.05) is 78.5 Å². The molecule has 160 valence electrons. The molecule has 3 rings (SSSR count). The molecule has 2 N–H and O–H groups in total. The fourth-order valence-corrected chi connectivity index (χ4v) is 3.80. The Bertz CT molecular complexity index is 1010. The largest absolute Gasteiger partial charge is 0.334 e. The van der Waals surface area contributed by atoms with Crippen molar-refractivity contribution in [1.82, 2.24) is 25.4 Å². The number of nitrogens with one attached hydrogen (secondary N) is 2. The summed E-state index contributed by atoms with van der Waals surface area (Å²) in [5.41, 5.74) is 2.12. The van der Waals surface area contributed by atoms with Crippen molar-refractivity contribution in [3.8, 4) is 0 Å². The lowest BCUT2D eigenvalue weighted by Gasteiger charge is -2.08. The molecular formula is C23H25N5O2S. The Morgan fingerprint density at radius 2 is 1.68 bits per heavy atom. The third-order valence-electron chi connectivity index (χ3n) is 4.42. The van der Waals surface area contributed by atoms with Crippen LogP contribution in [0.3, 0.4) is 0 Å². The minimum absolute atomic E-state index is 0.193. The van der Waals surface area contributed by atoms with Gasteiger partial charge in [0.1, 0.15) is 5.82 Å². The summed E-state index contributed by atoms with van der Waals surface area (Å²) in [6.45, 7) is 4.76. The van der Waals surface area contributed by atoms with Crippen molar-refractivity contribution in [3.05, 3.63) is 90.3 Å². The number of hydrogen-bond donors (Lipinski definition) is 2. The van der Waals surface area contributed by atoms with Crippen LogP contribution >= 0.6 is 11.8 Å². The normalized spacial score (nSPS) is 10.5. The summed E-state index contributed by atoms with van der Waals surface area (Å²) in [7, 11) is 0. The molecule has 31 heavy (non-hydrogen) atoms. The van der Waals surface area contributed by atoms with E-state index in [1.165, 1.54) is 11.8 Å². The molecule has 0 saturated carbocycles. The van der Waals surface area contributed by atoms with Crippen LogP contribution in [0.15, 0.2) is 78.5 Å². The van der Waals surface area contributed by atoms with Gasteiger partial charge in [0.05, 0.1) is 0 Å². The fraction of sp³-hybridized carbons (Fsp3) is 0.217. The summed E-state index contributed by atoms with van der Waals surface area (Å²) < 4.78 is 2.00. The van der Waals surface area contributed by atoms with E-state index in [4.69, 9.17) is 0 Å². The number of carbonyl (C=O) groups excluding carboxylic acids is 2. The first kappa shape index (κ1) is 22.3. The molecule has 0 radical (unpaired) electrons. The van der Waals surface area contributed by atoms with Crippen LogP contribution in [-0.2, 0) is 24.3 Å². The van der Waals surface area contributed by atoms with E-state index in [9.17, 15) is 9.59 Å². The molecule has 7 nitrogen and oxygen atoms in total. The van der Waals surface area contributed by atoms with Crippen LogP contribution in [0.25, 0.3) is 0 Å². The SMILES string of the molecule is C=CCn1c(Cc2ccccc2)nnc1SCCC(=O)NC(=O)NCc1ccccc1. The molecule has 0 fully saturated rings. The van der Waals surface area contributed by atoms with E-state index < -0.39 is 6.03 Å². The Balaban J connectivity index is 1.46. The lowest BCUT2D eigenvalue weighted by molar-refractivity contribution is -0.119. The number of nitrogens with zero attached hydrogens (tertiary/aromatic N) is 3. The van der Waals surface area contributed by atoms with E-state index in [-0.39, 0.29) is 12.3 Å². The second-order valence-electron chi connectivity index (χ2n) is 6.78. The molecule has 2 aromatic carbocycles. The third-order valence-corrected chi connectivity index (χ3v) is 5.39. The molecular weight excluding hydrogens is 410 g/mol.